The summed E-state index contributed by atoms with van der Waals surface area (Å²) < 4.78 is 16.2. The van der Waals surface area contributed by atoms with E-state index in [0.717, 1.165) is 96.3 Å². The SMILES string of the molecule is CCCCCCC(OC(C)=O)C(CCCCCCCCCC(=O)OCCCC)OC(C)=O. The van der Waals surface area contributed by atoms with Crippen molar-refractivity contribution in [2.24, 2.45) is 0 Å². The fourth-order valence-corrected chi connectivity index (χ4v) is 3.74. The highest BCUT2D eigenvalue weighted by Gasteiger charge is 2.26. The first-order chi connectivity index (χ1) is 15.4. The van der Waals surface area contributed by atoms with E-state index in [1.807, 2.05) is 0 Å². The van der Waals surface area contributed by atoms with Crippen molar-refractivity contribution in [2.45, 2.75) is 143 Å². The second-order valence-corrected chi connectivity index (χ2v) is 8.73. The van der Waals surface area contributed by atoms with Crippen LogP contribution in [0, 0.1) is 0 Å². The van der Waals surface area contributed by atoms with Gasteiger partial charge < -0.3 is 14.2 Å². The molecule has 0 radical (unpaired) electrons. The molecule has 2 unspecified atom stereocenters. The van der Waals surface area contributed by atoms with Crippen LogP contribution in [-0.2, 0) is 28.6 Å². The highest BCUT2D eigenvalue weighted by atomic mass is 16.6. The summed E-state index contributed by atoms with van der Waals surface area (Å²) >= 11 is 0. The van der Waals surface area contributed by atoms with Gasteiger partial charge >= 0.3 is 17.9 Å². The van der Waals surface area contributed by atoms with Crippen LogP contribution in [0.25, 0.3) is 0 Å². The Kier molecular flexibility index (Phi) is 20.2. The van der Waals surface area contributed by atoms with Crippen molar-refractivity contribution in [3.05, 3.63) is 0 Å². The smallest absolute Gasteiger partial charge is 0.305 e. The Morgan fingerprint density at radius 1 is 0.594 bits per heavy atom. The van der Waals surface area contributed by atoms with Crippen molar-refractivity contribution in [3.63, 3.8) is 0 Å². The number of rotatable bonds is 21. The minimum absolute atomic E-state index is 0.0769. The van der Waals surface area contributed by atoms with Crippen molar-refractivity contribution < 1.29 is 28.6 Å². The molecule has 0 spiro atoms. The Bertz CT molecular complexity index is 491. The van der Waals surface area contributed by atoms with Gasteiger partial charge in [0.25, 0.3) is 0 Å². The molecule has 188 valence electrons. The highest BCUT2D eigenvalue weighted by molar-refractivity contribution is 5.69. The Morgan fingerprint density at radius 3 is 1.50 bits per heavy atom. The van der Waals surface area contributed by atoms with Gasteiger partial charge in [-0.05, 0) is 38.5 Å². The molecule has 0 rings (SSSR count). The van der Waals surface area contributed by atoms with Crippen LogP contribution in [-0.4, -0.2) is 36.7 Å². The van der Waals surface area contributed by atoms with Gasteiger partial charge in [0.05, 0.1) is 6.61 Å². The summed E-state index contributed by atoms with van der Waals surface area (Å²) in [5, 5.41) is 0. The van der Waals surface area contributed by atoms with Gasteiger partial charge in [-0.1, -0.05) is 71.6 Å². The lowest BCUT2D eigenvalue weighted by Crippen LogP contribution is -2.34. The van der Waals surface area contributed by atoms with Gasteiger partial charge in [-0.25, -0.2) is 0 Å². The zero-order valence-electron chi connectivity index (χ0n) is 21.1. The molecule has 6 heteroatoms. The van der Waals surface area contributed by atoms with E-state index in [9.17, 15) is 14.4 Å². The van der Waals surface area contributed by atoms with E-state index in [2.05, 4.69) is 13.8 Å². The largest absolute Gasteiger partial charge is 0.466 e. The van der Waals surface area contributed by atoms with Crippen molar-refractivity contribution in [1.29, 1.82) is 0 Å². The maximum atomic E-state index is 11.6. The number of carbonyl (C=O) groups is 3. The van der Waals surface area contributed by atoms with Crippen molar-refractivity contribution in [3.8, 4) is 0 Å². The summed E-state index contributed by atoms with van der Waals surface area (Å²) in [6.07, 6.45) is 14.9. The van der Waals surface area contributed by atoms with Gasteiger partial charge in [-0.2, -0.15) is 0 Å². The number of hydrogen-bond acceptors (Lipinski definition) is 6. The molecule has 0 aliphatic rings. The highest BCUT2D eigenvalue weighted by Crippen LogP contribution is 2.20. The molecular formula is C26H48O6. The van der Waals surface area contributed by atoms with Crippen LogP contribution >= 0.6 is 0 Å². The maximum Gasteiger partial charge on any atom is 0.305 e. The molecule has 6 nitrogen and oxygen atoms in total. The van der Waals surface area contributed by atoms with Crippen molar-refractivity contribution in [1.82, 2.24) is 0 Å². The lowest BCUT2D eigenvalue weighted by Gasteiger charge is -2.26. The van der Waals surface area contributed by atoms with E-state index in [4.69, 9.17) is 14.2 Å². The second-order valence-electron chi connectivity index (χ2n) is 8.73. The Balaban J connectivity index is 4.11. The van der Waals surface area contributed by atoms with Crippen LogP contribution in [0.1, 0.15) is 130 Å². The number of hydrogen-bond donors (Lipinski definition) is 0. The molecule has 0 N–H and O–H groups in total. The van der Waals surface area contributed by atoms with Gasteiger partial charge in [0, 0.05) is 20.3 Å². The summed E-state index contributed by atoms with van der Waals surface area (Å²) in [6, 6.07) is 0. The van der Waals surface area contributed by atoms with Gasteiger partial charge in [0.2, 0.25) is 0 Å². The van der Waals surface area contributed by atoms with Gasteiger partial charge in [-0.15, -0.1) is 0 Å². The van der Waals surface area contributed by atoms with Crippen LogP contribution in [0.15, 0.2) is 0 Å². The molecule has 0 saturated carbocycles. The fourth-order valence-electron chi connectivity index (χ4n) is 3.74. The number of carbonyl (C=O) groups excluding carboxylic acids is 3. The first-order valence-electron chi connectivity index (χ1n) is 12.9. The fraction of sp³-hybridized carbons (Fsp3) is 0.885. The van der Waals surface area contributed by atoms with Crippen LogP contribution in [0.4, 0.5) is 0 Å². The van der Waals surface area contributed by atoms with E-state index >= 15 is 0 Å². The van der Waals surface area contributed by atoms with Crippen LogP contribution in [0.2, 0.25) is 0 Å². The van der Waals surface area contributed by atoms with Crippen LogP contribution in [0.3, 0.4) is 0 Å². The standard InChI is InChI=1S/C26H48O6/c1-5-7-9-15-18-24(31-22(3)27)25(32-23(4)28)19-16-13-11-10-12-14-17-20-26(29)30-21-8-6-2/h24-25H,5-21H2,1-4H3. The zero-order chi connectivity index (χ0) is 24.0. The predicted molar refractivity (Wildman–Crippen MR) is 127 cm³/mol. The minimum atomic E-state index is -0.364. The van der Waals surface area contributed by atoms with E-state index in [1.165, 1.54) is 13.8 Å². The molecular weight excluding hydrogens is 408 g/mol. The number of ether oxygens (including phenoxy) is 3. The predicted octanol–water partition coefficient (Wildman–Crippen LogP) is 6.67. The average Bonchev–Trinajstić information content (AvgIpc) is 2.73. The molecule has 0 aromatic rings. The van der Waals surface area contributed by atoms with Crippen LogP contribution in [0.5, 0.6) is 0 Å². The van der Waals surface area contributed by atoms with E-state index in [1.54, 1.807) is 0 Å². The molecule has 0 heterocycles. The van der Waals surface area contributed by atoms with Gasteiger partial charge in [-0.3, -0.25) is 14.4 Å². The first kappa shape index (κ1) is 30.4. The van der Waals surface area contributed by atoms with Crippen molar-refractivity contribution >= 4 is 17.9 Å². The van der Waals surface area contributed by atoms with E-state index in [-0.39, 0.29) is 30.1 Å². The monoisotopic (exact) mass is 456 g/mol. The Hall–Kier alpha value is -1.59. The van der Waals surface area contributed by atoms with Gasteiger partial charge in [0.15, 0.2) is 0 Å². The first-order valence-corrected chi connectivity index (χ1v) is 12.9. The molecule has 0 amide bonds. The van der Waals surface area contributed by atoms with Crippen LogP contribution < -0.4 is 0 Å². The van der Waals surface area contributed by atoms with Crippen molar-refractivity contribution in [2.75, 3.05) is 6.61 Å². The zero-order valence-corrected chi connectivity index (χ0v) is 21.1. The lowest BCUT2D eigenvalue weighted by atomic mass is 9.99. The van der Waals surface area contributed by atoms with E-state index < -0.39 is 0 Å². The lowest BCUT2D eigenvalue weighted by molar-refractivity contribution is -0.166. The minimum Gasteiger partial charge on any atom is -0.466 e. The third-order valence-corrected chi connectivity index (χ3v) is 5.52. The molecule has 2 atom stereocenters. The Morgan fingerprint density at radius 2 is 1.03 bits per heavy atom. The number of unbranched alkanes of at least 4 members (excludes halogenated alkanes) is 10. The summed E-state index contributed by atoms with van der Waals surface area (Å²) in [6.45, 7) is 7.61. The number of esters is 3. The van der Waals surface area contributed by atoms with E-state index in [0.29, 0.717) is 13.0 Å². The summed E-state index contributed by atoms with van der Waals surface area (Å²) in [5.74, 6) is -0.724. The molecule has 32 heavy (non-hydrogen) atoms. The topological polar surface area (TPSA) is 78.9 Å². The molecule has 0 aromatic carbocycles. The van der Waals surface area contributed by atoms with Gasteiger partial charge in [0.1, 0.15) is 12.2 Å². The quantitative estimate of drug-likeness (QED) is 0.109. The third-order valence-electron chi connectivity index (χ3n) is 5.52. The average molecular weight is 457 g/mol. The molecule has 0 bridgehead atoms. The molecule has 0 aliphatic carbocycles. The summed E-state index contributed by atoms with van der Waals surface area (Å²) in [4.78, 5) is 34.7. The Labute approximate surface area is 196 Å². The maximum absolute atomic E-state index is 11.6. The molecule has 0 saturated heterocycles. The second kappa shape index (κ2) is 21.3. The summed E-state index contributed by atoms with van der Waals surface area (Å²) in [5.41, 5.74) is 0. The molecule has 0 aromatic heterocycles. The third kappa shape index (κ3) is 19.1. The normalized spacial score (nSPS) is 12.8. The molecule has 0 fully saturated rings. The summed E-state index contributed by atoms with van der Waals surface area (Å²) in [7, 11) is 0. The molecule has 0 aliphatic heterocycles.